The Hall–Kier alpha value is -3.85. The first-order valence-corrected chi connectivity index (χ1v) is 13.0. The number of hydrogen-bond donors (Lipinski definition) is 0. The van der Waals surface area contributed by atoms with Crippen LogP contribution in [0, 0.1) is 36.0 Å². The average Bonchev–Trinajstić information content (AvgIpc) is 2.91. The molecule has 1 heterocycles. The number of aryl methyl sites for hydroxylation is 1. The monoisotopic (exact) mass is 493 g/mol. The molecule has 3 aromatic rings. The van der Waals surface area contributed by atoms with Gasteiger partial charge >= 0.3 is 5.97 Å². The summed E-state index contributed by atoms with van der Waals surface area (Å²) >= 11 is 0. The van der Waals surface area contributed by atoms with Crippen molar-refractivity contribution < 1.29 is 14.3 Å². The molecular formula is C31H31N3O3. The van der Waals surface area contributed by atoms with Crippen LogP contribution < -0.4 is 0 Å². The lowest BCUT2D eigenvalue weighted by Gasteiger charge is -2.51. The molecule has 2 aromatic carbocycles. The summed E-state index contributed by atoms with van der Waals surface area (Å²) < 4.78 is 5.14. The zero-order valence-electron chi connectivity index (χ0n) is 21.5. The molecule has 0 aliphatic heterocycles. The fourth-order valence-corrected chi connectivity index (χ4v) is 6.55. The van der Waals surface area contributed by atoms with Gasteiger partial charge < -0.3 is 4.74 Å². The molecule has 1 saturated carbocycles. The van der Waals surface area contributed by atoms with Crippen molar-refractivity contribution in [1.82, 2.24) is 9.97 Å². The van der Waals surface area contributed by atoms with Crippen molar-refractivity contribution in [3.8, 4) is 17.3 Å². The minimum atomic E-state index is -0.677. The molecule has 0 N–H and O–H groups in total. The number of fused-ring (bicyclic) bond motifs is 3. The number of carbonyl (C=O) groups is 2. The molecule has 1 fully saturated rings. The van der Waals surface area contributed by atoms with Crippen molar-refractivity contribution >= 4 is 11.8 Å². The number of benzene rings is 2. The number of esters is 1. The Bertz CT molecular complexity index is 1390. The third-order valence-electron chi connectivity index (χ3n) is 8.10. The molecule has 5 rings (SSSR count). The predicted octanol–water partition coefficient (Wildman–Crippen LogP) is 5.15. The Kier molecular flexibility index (Phi) is 6.64. The van der Waals surface area contributed by atoms with E-state index in [1.54, 1.807) is 6.92 Å². The highest BCUT2D eigenvalue weighted by molar-refractivity contribution is 5.87. The van der Waals surface area contributed by atoms with Crippen LogP contribution in [0.4, 0.5) is 0 Å². The van der Waals surface area contributed by atoms with Crippen LogP contribution in [0.15, 0.2) is 54.6 Å². The van der Waals surface area contributed by atoms with Crippen LogP contribution in [0.2, 0.25) is 0 Å². The third kappa shape index (κ3) is 4.23. The van der Waals surface area contributed by atoms with Crippen molar-refractivity contribution in [2.45, 2.75) is 51.9 Å². The largest absolute Gasteiger partial charge is 0.466 e. The fourth-order valence-electron chi connectivity index (χ4n) is 6.55. The van der Waals surface area contributed by atoms with E-state index in [4.69, 9.17) is 14.7 Å². The van der Waals surface area contributed by atoms with Crippen LogP contribution in [0.25, 0.3) is 11.3 Å². The van der Waals surface area contributed by atoms with E-state index >= 15 is 0 Å². The summed E-state index contributed by atoms with van der Waals surface area (Å²) in [4.78, 5) is 35.2. The highest BCUT2D eigenvalue weighted by Gasteiger charge is 2.56. The Morgan fingerprint density at radius 3 is 2.68 bits per heavy atom. The van der Waals surface area contributed by atoms with E-state index in [0.717, 1.165) is 46.5 Å². The normalized spacial score (nSPS) is 24.5. The number of rotatable bonds is 5. The lowest BCUT2D eigenvalue weighted by Crippen LogP contribution is -2.53. The molecule has 2 aliphatic carbocycles. The molecule has 0 spiro atoms. The van der Waals surface area contributed by atoms with Crippen LogP contribution in [0.3, 0.4) is 0 Å². The van der Waals surface area contributed by atoms with Gasteiger partial charge in [0.2, 0.25) is 0 Å². The summed E-state index contributed by atoms with van der Waals surface area (Å²) in [5.41, 5.74) is 5.22. The first-order chi connectivity index (χ1) is 17.9. The molecule has 0 saturated heterocycles. The summed E-state index contributed by atoms with van der Waals surface area (Å²) in [6.07, 6.45) is 2.19. The number of ketones is 1. The summed E-state index contributed by atoms with van der Waals surface area (Å²) in [5, 5.41) is 9.97. The molecule has 0 amide bonds. The summed E-state index contributed by atoms with van der Waals surface area (Å²) in [6, 6.07) is 20.4. The number of aromatic nitrogens is 2. The zero-order chi connectivity index (χ0) is 26.2. The zero-order valence-corrected chi connectivity index (χ0v) is 21.5. The van der Waals surface area contributed by atoms with E-state index < -0.39 is 11.3 Å². The smallest absolute Gasteiger partial charge is 0.310 e. The van der Waals surface area contributed by atoms with Gasteiger partial charge in [-0.25, -0.2) is 9.97 Å². The molecule has 1 aromatic heterocycles. The maximum Gasteiger partial charge on any atom is 0.310 e. The van der Waals surface area contributed by atoms with Gasteiger partial charge in [0, 0.05) is 22.5 Å². The number of ether oxygens (including phenoxy) is 1. The summed E-state index contributed by atoms with van der Waals surface area (Å²) in [5.74, 6) is -0.423. The first-order valence-electron chi connectivity index (χ1n) is 13.0. The minimum absolute atomic E-state index is 0.0418. The van der Waals surface area contributed by atoms with E-state index in [-0.39, 0.29) is 30.0 Å². The van der Waals surface area contributed by atoms with Crippen molar-refractivity contribution in [3.63, 3.8) is 0 Å². The van der Waals surface area contributed by atoms with Crippen LogP contribution in [-0.2, 0) is 32.6 Å². The molecule has 4 atom stereocenters. The van der Waals surface area contributed by atoms with E-state index in [1.807, 2.05) is 56.3 Å². The summed E-state index contributed by atoms with van der Waals surface area (Å²) in [6.45, 7) is 6.03. The maximum atomic E-state index is 13.1. The number of nitriles is 1. The van der Waals surface area contributed by atoms with Gasteiger partial charge in [0.25, 0.3) is 0 Å². The molecule has 2 aliphatic rings. The van der Waals surface area contributed by atoms with Gasteiger partial charge in [-0.05, 0) is 56.2 Å². The van der Waals surface area contributed by atoms with Crippen molar-refractivity contribution in [2.75, 3.05) is 6.61 Å². The molecule has 188 valence electrons. The van der Waals surface area contributed by atoms with Gasteiger partial charge in [-0.15, -0.1) is 0 Å². The van der Waals surface area contributed by atoms with Gasteiger partial charge in [0.15, 0.2) is 5.78 Å². The second-order valence-corrected chi connectivity index (χ2v) is 10.2. The molecule has 1 unspecified atom stereocenters. The lowest BCUT2D eigenvalue weighted by atomic mass is 9.50. The number of nitrogens with zero attached hydrogens (tertiary/aromatic N) is 3. The molecule has 6 nitrogen and oxygen atoms in total. The van der Waals surface area contributed by atoms with Crippen LogP contribution in [0.5, 0.6) is 0 Å². The van der Waals surface area contributed by atoms with Crippen LogP contribution >= 0.6 is 0 Å². The molecule has 37 heavy (non-hydrogen) atoms. The lowest BCUT2D eigenvalue weighted by molar-refractivity contribution is -0.142. The van der Waals surface area contributed by atoms with E-state index in [2.05, 4.69) is 18.2 Å². The van der Waals surface area contributed by atoms with Crippen molar-refractivity contribution in [1.29, 1.82) is 5.26 Å². The van der Waals surface area contributed by atoms with E-state index in [0.29, 0.717) is 18.9 Å². The fraction of sp³-hybridized carbons (Fsp3) is 0.387. The average molecular weight is 494 g/mol. The molecular weight excluding hydrogens is 462 g/mol. The second-order valence-electron chi connectivity index (χ2n) is 10.2. The molecule has 6 heteroatoms. The third-order valence-corrected chi connectivity index (χ3v) is 8.10. The topological polar surface area (TPSA) is 92.9 Å². The van der Waals surface area contributed by atoms with Gasteiger partial charge in [0.1, 0.15) is 11.7 Å². The Balaban J connectivity index is 1.70. The van der Waals surface area contributed by atoms with Gasteiger partial charge in [0.05, 0.1) is 30.5 Å². The van der Waals surface area contributed by atoms with Crippen LogP contribution in [0.1, 0.15) is 54.9 Å². The highest BCUT2D eigenvalue weighted by Crippen LogP contribution is 2.56. The SMILES string of the molecule is CCOC(=O)Cc1cccc(-c2nc(C)nc3c2CC[C@H]2[C@H](C)C(=O)C(C#N)C[C@]32c2ccccc2)c1. The molecule has 0 radical (unpaired) electrons. The van der Waals surface area contributed by atoms with Crippen molar-refractivity contribution in [3.05, 3.63) is 82.8 Å². The number of Topliss-reactive ketones (excluding diaryl/α,β-unsaturated/α-hetero) is 1. The Morgan fingerprint density at radius 1 is 1.16 bits per heavy atom. The van der Waals surface area contributed by atoms with Crippen molar-refractivity contribution in [2.24, 2.45) is 17.8 Å². The number of hydrogen-bond acceptors (Lipinski definition) is 6. The number of carbonyl (C=O) groups excluding carboxylic acids is 2. The Labute approximate surface area is 217 Å². The van der Waals surface area contributed by atoms with Gasteiger partial charge in [-0.2, -0.15) is 5.26 Å². The van der Waals surface area contributed by atoms with E-state index in [1.165, 1.54) is 0 Å². The van der Waals surface area contributed by atoms with Gasteiger partial charge in [-0.1, -0.05) is 55.5 Å². The maximum absolute atomic E-state index is 13.1. The summed E-state index contributed by atoms with van der Waals surface area (Å²) in [7, 11) is 0. The molecule has 0 bridgehead atoms. The second kappa shape index (κ2) is 9.89. The highest BCUT2D eigenvalue weighted by atomic mass is 16.5. The van der Waals surface area contributed by atoms with Crippen LogP contribution in [-0.4, -0.2) is 28.3 Å². The Morgan fingerprint density at radius 2 is 1.95 bits per heavy atom. The van der Waals surface area contributed by atoms with E-state index in [9.17, 15) is 14.9 Å². The first kappa shape index (κ1) is 24.8. The predicted molar refractivity (Wildman–Crippen MR) is 139 cm³/mol. The van der Waals surface area contributed by atoms with Gasteiger partial charge in [-0.3, -0.25) is 9.59 Å². The quantitative estimate of drug-likeness (QED) is 0.456. The standard InChI is InChI=1S/C31H31N3O3/c1-4-37-27(35)16-21-9-8-10-22(15-21)28-25-13-14-26-19(2)29(36)23(18-32)17-31(26,24-11-6-5-7-12-24)30(25)34-20(3)33-28/h5-12,15,19,23,26H,4,13-14,16-17H2,1-3H3/t19-,23?,26-,31+/m0/s1. The minimum Gasteiger partial charge on any atom is -0.466 e.